The van der Waals surface area contributed by atoms with Crippen molar-refractivity contribution < 1.29 is 18.0 Å². The molecule has 0 spiro atoms. The summed E-state index contributed by atoms with van der Waals surface area (Å²) < 4.78 is 27.6. The molecule has 0 saturated carbocycles. The molecule has 0 aliphatic carbocycles. The van der Waals surface area contributed by atoms with Crippen molar-refractivity contribution >= 4 is 44.7 Å². The number of hydrogen-bond donors (Lipinski definition) is 1. The van der Waals surface area contributed by atoms with Gasteiger partial charge in [-0.05, 0) is 67.6 Å². The second-order valence-electron chi connectivity index (χ2n) is 6.60. The van der Waals surface area contributed by atoms with E-state index in [4.69, 9.17) is 11.6 Å². The number of hydrogen-bond acceptors (Lipinski definition) is 4. The number of ketones is 1. The third-order valence-electron chi connectivity index (χ3n) is 4.47. The number of anilines is 2. The van der Waals surface area contributed by atoms with Crippen LogP contribution in [0, 0.1) is 0 Å². The van der Waals surface area contributed by atoms with E-state index in [1.165, 1.54) is 36.1 Å². The molecule has 0 atom stereocenters. The molecular weight excluding hydrogens is 424 g/mol. The lowest BCUT2D eigenvalue weighted by atomic mass is 10.2. The van der Waals surface area contributed by atoms with Crippen LogP contribution in [-0.4, -0.2) is 27.2 Å². The first kappa shape index (κ1) is 21.5. The van der Waals surface area contributed by atoms with Gasteiger partial charge in [0.15, 0.2) is 5.78 Å². The summed E-state index contributed by atoms with van der Waals surface area (Å²) in [7, 11) is -2.17. The first-order chi connectivity index (χ1) is 14.2. The van der Waals surface area contributed by atoms with Crippen molar-refractivity contribution in [3.63, 3.8) is 0 Å². The zero-order valence-electron chi connectivity index (χ0n) is 16.3. The van der Waals surface area contributed by atoms with Crippen LogP contribution in [0.5, 0.6) is 0 Å². The van der Waals surface area contributed by atoms with E-state index in [2.05, 4.69) is 4.72 Å². The first-order valence-electron chi connectivity index (χ1n) is 8.95. The Balaban J connectivity index is 1.74. The van der Waals surface area contributed by atoms with Gasteiger partial charge in [0.1, 0.15) is 0 Å². The maximum Gasteiger partial charge on any atom is 0.261 e. The van der Waals surface area contributed by atoms with E-state index < -0.39 is 10.0 Å². The van der Waals surface area contributed by atoms with Gasteiger partial charge in [-0.25, -0.2) is 8.42 Å². The highest BCUT2D eigenvalue weighted by atomic mass is 35.5. The largest absolute Gasteiger partial charge is 0.311 e. The van der Waals surface area contributed by atoms with Crippen molar-refractivity contribution in [1.82, 2.24) is 0 Å². The molecule has 1 N–H and O–H groups in total. The molecule has 0 unspecified atom stereocenters. The Kier molecular flexibility index (Phi) is 6.24. The Morgan fingerprint density at radius 1 is 0.833 bits per heavy atom. The molecule has 30 heavy (non-hydrogen) atoms. The molecule has 0 bridgehead atoms. The normalized spacial score (nSPS) is 11.0. The number of carbonyl (C=O) groups is 2. The number of Topliss-reactive ketones (excluding diaryl/α,β-unsaturated/α-hetero) is 1. The predicted molar refractivity (Wildman–Crippen MR) is 118 cm³/mol. The van der Waals surface area contributed by atoms with Crippen LogP contribution in [0.25, 0.3) is 0 Å². The zero-order chi connectivity index (χ0) is 21.9. The summed E-state index contributed by atoms with van der Waals surface area (Å²) in [6.07, 6.45) is 0. The van der Waals surface area contributed by atoms with Crippen molar-refractivity contribution in [2.24, 2.45) is 0 Å². The molecule has 0 saturated heterocycles. The lowest BCUT2D eigenvalue weighted by Gasteiger charge is -2.18. The van der Waals surface area contributed by atoms with Crippen LogP contribution in [0.15, 0.2) is 77.7 Å². The maximum absolute atomic E-state index is 12.6. The van der Waals surface area contributed by atoms with Crippen LogP contribution in [0.4, 0.5) is 11.4 Å². The van der Waals surface area contributed by atoms with Gasteiger partial charge in [-0.1, -0.05) is 23.7 Å². The van der Waals surface area contributed by atoms with Crippen molar-refractivity contribution in [3.05, 3.63) is 88.9 Å². The summed E-state index contributed by atoms with van der Waals surface area (Å²) in [6, 6.07) is 18.7. The van der Waals surface area contributed by atoms with Crippen molar-refractivity contribution in [1.29, 1.82) is 0 Å². The topological polar surface area (TPSA) is 83.6 Å². The van der Waals surface area contributed by atoms with Gasteiger partial charge in [-0.3, -0.25) is 14.3 Å². The van der Waals surface area contributed by atoms with Gasteiger partial charge in [-0.2, -0.15) is 0 Å². The molecule has 8 heteroatoms. The van der Waals surface area contributed by atoms with E-state index in [0.717, 1.165) is 0 Å². The number of sulfonamides is 1. The van der Waals surface area contributed by atoms with Crippen molar-refractivity contribution in [3.8, 4) is 0 Å². The van der Waals surface area contributed by atoms with Crippen molar-refractivity contribution in [2.75, 3.05) is 16.7 Å². The Morgan fingerprint density at radius 3 is 1.90 bits per heavy atom. The highest BCUT2D eigenvalue weighted by Crippen LogP contribution is 2.22. The Hall–Kier alpha value is -3.16. The number of carbonyl (C=O) groups excluding carboxylic acids is 2. The predicted octanol–water partition coefficient (Wildman–Crippen LogP) is 4.62. The van der Waals surface area contributed by atoms with Gasteiger partial charge >= 0.3 is 0 Å². The first-order valence-corrected chi connectivity index (χ1v) is 10.8. The SMILES string of the molecule is CC(=O)c1ccc(S(=O)(=O)Nc2ccc(N(C)C(=O)c3ccc(Cl)cc3)cc2)cc1. The van der Waals surface area contributed by atoms with Crippen LogP contribution in [-0.2, 0) is 10.0 Å². The number of halogens is 1. The minimum Gasteiger partial charge on any atom is -0.311 e. The molecule has 0 fully saturated rings. The molecule has 6 nitrogen and oxygen atoms in total. The van der Waals surface area contributed by atoms with Gasteiger partial charge in [0.05, 0.1) is 4.90 Å². The minimum atomic E-state index is -3.81. The standard InChI is InChI=1S/C22H19ClN2O4S/c1-15(26)16-5-13-21(14-6-16)30(28,29)24-19-9-11-20(12-10-19)25(2)22(27)17-3-7-18(23)8-4-17/h3-14,24H,1-2H3. The van der Waals surface area contributed by atoms with E-state index in [-0.39, 0.29) is 16.6 Å². The second kappa shape index (κ2) is 8.69. The molecule has 0 aliphatic heterocycles. The quantitative estimate of drug-likeness (QED) is 0.564. The maximum atomic E-state index is 12.6. The highest BCUT2D eigenvalue weighted by Gasteiger charge is 2.16. The third kappa shape index (κ3) is 4.87. The van der Waals surface area contributed by atoms with E-state index in [0.29, 0.717) is 27.5 Å². The summed E-state index contributed by atoms with van der Waals surface area (Å²) in [5.74, 6) is -0.356. The average Bonchev–Trinajstić information content (AvgIpc) is 2.73. The number of amides is 1. The Labute approximate surface area is 180 Å². The molecule has 3 aromatic carbocycles. The zero-order valence-corrected chi connectivity index (χ0v) is 17.9. The average molecular weight is 443 g/mol. The number of nitrogens with zero attached hydrogens (tertiary/aromatic N) is 1. The fourth-order valence-corrected chi connectivity index (χ4v) is 3.92. The van der Waals surface area contributed by atoms with Gasteiger partial charge < -0.3 is 4.90 Å². The van der Waals surface area contributed by atoms with Crippen LogP contribution in [0.1, 0.15) is 27.6 Å². The van der Waals surface area contributed by atoms with E-state index in [1.54, 1.807) is 55.6 Å². The molecule has 3 aromatic rings. The van der Waals surface area contributed by atoms with Crippen LogP contribution < -0.4 is 9.62 Å². The van der Waals surface area contributed by atoms with Gasteiger partial charge in [0, 0.05) is 34.6 Å². The molecule has 0 heterocycles. The van der Waals surface area contributed by atoms with E-state index in [9.17, 15) is 18.0 Å². The van der Waals surface area contributed by atoms with E-state index in [1.807, 2.05) is 0 Å². The Morgan fingerprint density at radius 2 is 1.37 bits per heavy atom. The molecule has 0 aliphatic rings. The van der Waals surface area contributed by atoms with Crippen LogP contribution in [0.3, 0.4) is 0 Å². The summed E-state index contributed by atoms with van der Waals surface area (Å²) >= 11 is 5.85. The lowest BCUT2D eigenvalue weighted by molar-refractivity contribution is 0.0990. The highest BCUT2D eigenvalue weighted by molar-refractivity contribution is 7.92. The number of benzene rings is 3. The molecule has 154 valence electrons. The smallest absolute Gasteiger partial charge is 0.261 e. The molecular formula is C22H19ClN2O4S. The number of nitrogens with one attached hydrogen (secondary N) is 1. The van der Waals surface area contributed by atoms with Crippen LogP contribution >= 0.6 is 11.6 Å². The molecule has 3 rings (SSSR count). The molecule has 1 amide bonds. The van der Waals surface area contributed by atoms with E-state index >= 15 is 0 Å². The fraction of sp³-hybridized carbons (Fsp3) is 0.0909. The molecule has 0 radical (unpaired) electrons. The van der Waals surface area contributed by atoms with Crippen LogP contribution in [0.2, 0.25) is 5.02 Å². The van der Waals surface area contributed by atoms with Gasteiger partial charge in [0.2, 0.25) is 0 Å². The molecule has 0 aromatic heterocycles. The summed E-state index contributed by atoms with van der Waals surface area (Å²) in [5.41, 5.74) is 1.87. The van der Waals surface area contributed by atoms with Gasteiger partial charge in [-0.15, -0.1) is 0 Å². The van der Waals surface area contributed by atoms with Crippen molar-refractivity contribution in [2.45, 2.75) is 11.8 Å². The second-order valence-corrected chi connectivity index (χ2v) is 8.72. The minimum absolute atomic E-state index is 0.0478. The summed E-state index contributed by atoms with van der Waals surface area (Å²) in [6.45, 7) is 1.41. The monoisotopic (exact) mass is 442 g/mol. The Bertz CT molecular complexity index is 1170. The number of rotatable bonds is 6. The summed E-state index contributed by atoms with van der Waals surface area (Å²) in [4.78, 5) is 25.4. The van der Waals surface area contributed by atoms with Gasteiger partial charge in [0.25, 0.3) is 15.9 Å². The third-order valence-corrected chi connectivity index (χ3v) is 6.12. The lowest BCUT2D eigenvalue weighted by Crippen LogP contribution is -2.26. The fourth-order valence-electron chi connectivity index (χ4n) is 2.74. The summed E-state index contributed by atoms with van der Waals surface area (Å²) in [5, 5.41) is 0.543.